The molecular weight excluding hydrogens is 246 g/mol. The summed E-state index contributed by atoms with van der Waals surface area (Å²) < 4.78 is 5.56. The highest BCUT2D eigenvalue weighted by Gasteiger charge is 2.53. The lowest BCUT2D eigenvalue weighted by molar-refractivity contribution is -0.147. The lowest BCUT2D eigenvalue weighted by atomic mass is 9.63. The van der Waals surface area contributed by atoms with Gasteiger partial charge in [0.2, 0.25) is 0 Å². The molecule has 1 atom stereocenters. The molecule has 1 unspecified atom stereocenters. The van der Waals surface area contributed by atoms with Gasteiger partial charge in [0.05, 0.1) is 0 Å². The van der Waals surface area contributed by atoms with Crippen LogP contribution in [0.5, 0.6) is 0 Å². The van der Waals surface area contributed by atoms with Crippen molar-refractivity contribution >= 4 is 0 Å². The molecule has 2 fully saturated rings. The molecule has 3 rings (SSSR count). The predicted molar refractivity (Wildman–Crippen MR) is 84.9 cm³/mol. The third-order valence-corrected chi connectivity index (χ3v) is 4.68. The van der Waals surface area contributed by atoms with Crippen LogP contribution in [-0.4, -0.2) is 30.7 Å². The van der Waals surface area contributed by atoms with E-state index in [1.165, 1.54) is 24.9 Å². The smallest absolute Gasteiger partial charge is 0.0472 e. The third kappa shape index (κ3) is 2.77. The second-order valence-electron chi connectivity index (χ2n) is 6.05. The number of ether oxygens (including phenoxy) is 1. The van der Waals surface area contributed by atoms with Gasteiger partial charge in [0.25, 0.3) is 0 Å². The molecule has 2 nitrogen and oxygen atoms in total. The maximum atomic E-state index is 5.56. The molecular formula is C18H29NO. The van der Waals surface area contributed by atoms with Gasteiger partial charge < -0.3 is 4.74 Å². The first-order valence-corrected chi connectivity index (χ1v) is 8.11. The average Bonchev–Trinajstić information content (AvgIpc) is 2.49. The fourth-order valence-corrected chi connectivity index (χ4v) is 3.65. The molecule has 1 aromatic carbocycles. The summed E-state index contributed by atoms with van der Waals surface area (Å²) in [5.41, 5.74) is 1.96. The molecule has 0 amide bonds. The first-order valence-electron chi connectivity index (χ1n) is 8.11. The molecule has 2 aliphatic heterocycles. The van der Waals surface area contributed by atoms with Gasteiger partial charge in [-0.25, -0.2) is 0 Å². The highest BCUT2D eigenvalue weighted by Crippen LogP contribution is 2.55. The van der Waals surface area contributed by atoms with Gasteiger partial charge in [-0.2, -0.15) is 0 Å². The molecule has 0 aliphatic carbocycles. The van der Waals surface area contributed by atoms with E-state index in [-0.39, 0.29) is 0 Å². The van der Waals surface area contributed by atoms with E-state index in [0.717, 1.165) is 13.2 Å². The van der Waals surface area contributed by atoms with Crippen molar-refractivity contribution in [2.75, 3.05) is 19.8 Å². The predicted octanol–water partition coefficient (Wildman–Crippen LogP) is 4.27. The standard InChI is InChI=1S/C16H23NO.C2H6/c1-13(2)17-12-16(8-10-18-11-9-16)15(17)14-6-4-3-5-7-14;1-2/h3-7,13,15H,8-12H2,1-2H3;1-2H3. The fraction of sp³-hybridized carbons (Fsp3) is 0.667. The topological polar surface area (TPSA) is 12.5 Å². The van der Waals surface area contributed by atoms with Crippen LogP contribution in [0.15, 0.2) is 30.3 Å². The minimum Gasteiger partial charge on any atom is -0.381 e. The zero-order valence-electron chi connectivity index (χ0n) is 13.4. The number of rotatable bonds is 2. The molecule has 0 N–H and O–H groups in total. The molecule has 2 aliphatic rings. The molecule has 2 heteroatoms. The van der Waals surface area contributed by atoms with Crippen LogP contribution in [0, 0.1) is 5.41 Å². The van der Waals surface area contributed by atoms with Gasteiger partial charge >= 0.3 is 0 Å². The Labute approximate surface area is 124 Å². The number of hydrogen-bond donors (Lipinski definition) is 0. The van der Waals surface area contributed by atoms with Gasteiger partial charge in [-0.15, -0.1) is 0 Å². The van der Waals surface area contributed by atoms with E-state index in [1.54, 1.807) is 0 Å². The lowest BCUT2D eigenvalue weighted by Gasteiger charge is -2.61. The Kier molecular flexibility index (Phi) is 5.22. The van der Waals surface area contributed by atoms with Crippen molar-refractivity contribution in [2.24, 2.45) is 5.41 Å². The monoisotopic (exact) mass is 275 g/mol. The molecule has 0 saturated carbocycles. The van der Waals surface area contributed by atoms with Gasteiger partial charge in [0, 0.05) is 37.3 Å². The molecule has 0 bridgehead atoms. The van der Waals surface area contributed by atoms with Gasteiger partial charge in [-0.3, -0.25) is 4.90 Å². The number of nitrogens with zero attached hydrogens (tertiary/aromatic N) is 1. The summed E-state index contributed by atoms with van der Waals surface area (Å²) in [6, 6.07) is 12.2. The Bertz CT molecular complexity index is 395. The van der Waals surface area contributed by atoms with Crippen molar-refractivity contribution in [2.45, 2.75) is 52.6 Å². The van der Waals surface area contributed by atoms with Crippen LogP contribution >= 0.6 is 0 Å². The van der Waals surface area contributed by atoms with E-state index in [1.807, 2.05) is 13.8 Å². The van der Waals surface area contributed by atoms with Gasteiger partial charge in [-0.05, 0) is 32.3 Å². The molecule has 1 spiro atoms. The van der Waals surface area contributed by atoms with E-state index in [4.69, 9.17) is 4.74 Å². The van der Waals surface area contributed by atoms with Crippen molar-refractivity contribution in [3.05, 3.63) is 35.9 Å². The first-order chi connectivity index (χ1) is 9.73. The number of likely N-dealkylation sites (tertiary alicyclic amines) is 1. The maximum Gasteiger partial charge on any atom is 0.0472 e. The minimum atomic E-state index is 0.476. The summed E-state index contributed by atoms with van der Waals surface area (Å²) in [5, 5.41) is 0. The summed E-state index contributed by atoms with van der Waals surface area (Å²) in [6.07, 6.45) is 2.44. The van der Waals surface area contributed by atoms with Gasteiger partial charge in [0.15, 0.2) is 0 Å². The SMILES string of the molecule is CC.CC(C)N1CC2(CCOCC2)C1c1ccccc1. The van der Waals surface area contributed by atoms with Crippen molar-refractivity contribution < 1.29 is 4.74 Å². The highest BCUT2D eigenvalue weighted by molar-refractivity contribution is 5.26. The van der Waals surface area contributed by atoms with Crippen LogP contribution in [0.25, 0.3) is 0 Å². The molecule has 1 aromatic rings. The first kappa shape index (κ1) is 15.5. The number of hydrogen-bond acceptors (Lipinski definition) is 2. The molecule has 20 heavy (non-hydrogen) atoms. The van der Waals surface area contributed by atoms with Crippen molar-refractivity contribution in [3.63, 3.8) is 0 Å². The van der Waals surface area contributed by atoms with E-state index < -0.39 is 0 Å². The molecule has 0 radical (unpaired) electrons. The summed E-state index contributed by atoms with van der Waals surface area (Å²) >= 11 is 0. The minimum absolute atomic E-state index is 0.476. The molecule has 0 aromatic heterocycles. The average molecular weight is 275 g/mol. The summed E-state index contributed by atoms with van der Waals surface area (Å²) in [6.45, 7) is 11.7. The van der Waals surface area contributed by atoms with Crippen LogP contribution in [0.1, 0.15) is 52.1 Å². The summed E-state index contributed by atoms with van der Waals surface area (Å²) in [4.78, 5) is 2.64. The van der Waals surface area contributed by atoms with E-state index in [0.29, 0.717) is 17.5 Å². The number of benzene rings is 1. The Balaban J connectivity index is 0.000000704. The zero-order valence-corrected chi connectivity index (χ0v) is 13.4. The van der Waals surface area contributed by atoms with Crippen LogP contribution in [0.2, 0.25) is 0 Å². The van der Waals surface area contributed by atoms with Crippen molar-refractivity contribution in [3.8, 4) is 0 Å². The van der Waals surface area contributed by atoms with Crippen molar-refractivity contribution in [1.29, 1.82) is 0 Å². The summed E-state index contributed by atoms with van der Waals surface area (Å²) in [5.74, 6) is 0. The molecule has 112 valence electrons. The Morgan fingerprint density at radius 3 is 2.25 bits per heavy atom. The molecule has 2 saturated heterocycles. The summed E-state index contributed by atoms with van der Waals surface area (Å²) in [7, 11) is 0. The van der Waals surface area contributed by atoms with E-state index >= 15 is 0 Å². The fourth-order valence-electron chi connectivity index (χ4n) is 3.65. The largest absolute Gasteiger partial charge is 0.381 e. The second-order valence-corrected chi connectivity index (χ2v) is 6.05. The van der Waals surface area contributed by atoms with Gasteiger partial charge in [-0.1, -0.05) is 44.2 Å². The lowest BCUT2D eigenvalue weighted by Crippen LogP contribution is -2.62. The van der Waals surface area contributed by atoms with Crippen LogP contribution < -0.4 is 0 Å². The zero-order chi connectivity index (χ0) is 14.6. The highest BCUT2D eigenvalue weighted by atomic mass is 16.5. The Morgan fingerprint density at radius 1 is 1.10 bits per heavy atom. The maximum absolute atomic E-state index is 5.56. The van der Waals surface area contributed by atoms with E-state index in [9.17, 15) is 0 Å². The Morgan fingerprint density at radius 2 is 1.70 bits per heavy atom. The second kappa shape index (κ2) is 6.73. The quantitative estimate of drug-likeness (QED) is 0.799. The van der Waals surface area contributed by atoms with E-state index in [2.05, 4.69) is 49.1 Å². The molecule has 2 heterocycles. The van der Waals surface area contributed by atoms with Gasteiger partial charge in [0.1, 0.15) is 0 Å². The van der Waals surface area contributed by atoms with Crippen molar-refractivity contribution in [1.82, 2.24) is 4.90 Å². The van der Waals surface area contributed by atoms with Crippen LogP contribution in [0.4, 0.5) is 0 Å². The third-order valence-electron chi connectivity index (χ3n) is 4.68. The Hall–Kier alpha value is -0.860. The van der Waals surface area contributed by atoms with Crippen LogP contribution in [-0.2, 0) is 4.74 Å². The normalized spacial score (nSPS) is 24.9. The van der Waals surface area contributed by atoms with Crippen LogP contribution in [0.3, 0.4) is 0 Å².